The number of para-hydroxylation sites is 1. The second kappa shape index (κ2) is 23.0. The third-order valence-corrected chi connectivity index (χ3v) is 11.5. The Hall–Kier alpha value is -9.43. The van der Waals surface area contributed by atoms with E-state index in [9.17, 15) is 55.5 Å². The summed E-state index contributed by atoms with van der Waals surface area (Å²) in [4.78, 5) is 87.8. The lowest BCUT2D eigenvalue weighted by Crippen LogP contribution is -2.32. The molecule has 0 spiro atoms. The van der Waals surface area contributed by atoms with Crippen molar-refractivity contribution in [3.05, 3.63) is 207 Å². The van der Waals surface area contributed by atoms with Gasteiger partial charge in [-0.3, -0.25) is 28.8 Å². The molecule has 3 aliphatic heterocycles. The highest BCUT2D eigenvalue weighted by atomic mass is 35.5. The standard InChI is InChI=1S/C19H14F2N2O4.C17H12ClFN2O2.C17H12F2N2O3.CH4/c1-10-14(20)7-12(8-15(10)21)22-16-9-17(24)23(18(16)25)13-5-3-4-11(6-13)19(26)27-2;1-10-7-8-12(16(19)15(10)18)20-13-9-14(22)21(17(13)23)11-5-3-2-4-6-11;1-9-2-4-10(5-3-9)20-14-8-15(22)21(17(14)24)11-6-12(18)16(23)13(19)7-11;/h3-9,22H,1-2H3;2-9,20H,1H3;2-8,20,23H,1H3;1H4. The summed E-state index contributed by atoms with van der Waals surface area (Å²) in [6.07, 6.45) is 3.20. The number of methoxy groups -OCH3 is 1. The van der Waals surface area contributed by atoms with Crippen molar-refractivity contribution in [2.45, 2.75) is 28.2 Å². The largest absolute Gasteiger partial charge is 0.503 e. The minimum atomic E-state index is -1.26. The number of imide groups is 3. The Morgan fingerprint density at radius 2 is 1.03 bits per heavy atom. The fourth-order valence-corrected chi connectivity index (χ4v) is 7.28. The minimum absolute atomic E-state index is 0. The van der Waals surface area contributed by atoms with Crippen LogP contribution in [-0.4, -0.2) is 53.6 Å². The molecule has 3 aliphatic rings. The Labute approximate surface area is 429 Å². The van der Waals surface area contributed by atoms with Gasteiger partial charge in [-0.2, -0.15) is 0 Å². The van der Waals surface area contributed by atoms with Crippen LogP contribution in [0.5, 0.6) is 5.75 Å². The van der Waals surface area contributed by atoms with Crippen molar-refractivity contribution < 1.29 is 65.4 Å². The summed E-state index contributed by atoms with van der Waals surface area (Å²) >= 11 is 5.86. The zero-order valence-electron chi connectivity index (χ0n) is 39.0. The van der Waals surface area contributed by atoms with Crippen molar-refractivity contribution in [1.82, 2.24) is 0 Å². The van der Waals surface area contributed by atoms with Crippen LogP contribution in [0.2, 0.25) is 5.02 Å². The average molecular weight is 1050 g/mol. The molecule has 6 aromatic carbocycles. The number of halogens is 6. The van der Waals surface area contributed by atoms with E-state index in [1.165, 1.54) is 44.4 Å². The second-order valence-corrected chi connectivity index (χ2v) is 16.5. The number of hydrogen-bond acceptors (Lipinski definition) is 12. The van der Waals surface area contributed by atoms with E-state index in [1.807, 2.05) is 19.1 Å². The van der Waals surface area contributed by atoms with Crippen LogP contribution in [0, 0.1) is 49.9 Å². The van der Waals surface area contributed by atoms with Crippen LogP contribution in [-0.2, 0) is 33.5 Å². The highest BCUT2D eigenvalue weighted by Crippen LogP contribution is 2.32. The van der Waals surface area contributed by atoms with Crippen LogP contribution in [0.3, 0.4) is 0 Å². The number of amides is 6. The third kappa shape index (κ3) is 11.9. The van der Waals surface area contributed by atoms with Gasteiger partial charge in [0.1, 0.15) is 28.7 Å². The topological polar surface area (TPSA) is 195 Å². The molecule has 4 N–H and O–H groups in total. The molecule has 384 valence electrons. The number of esters is 1. The van der Waals surface area contributed by atoms with Gasteiger partial charge < -0.3 is 25.8 Å². The van der Waals surface area contributed by atoms with Crippen LogP contribution in [0.25, 0.3) is 0 Å². The predicted octanol–water partition coefficient (Wildman–Crippen LogP) is 10.1. The molecule has 0 aliphatic carbocycles. The van der Waals surface area contributed by atoms with Gasteiger partial charge in [-0.15, -0.1) is 0 Å². The number of phenolic OH excluding ortho intramolecular Hbond substituents is 1. The van der Waals surface area contributed by atoms with Crippen molar-refractivity contribution in [3.63, 3.8) is 0 Å². The lowest BCUT2D eigenvalue weighted by atomic mass is 10.2. The number of hydrogen-bond donors (Lipinski definition) is 4. The highest BCUT2D eigenvalue weighted by Gasteiger charge is 2.36. The summed E-state index contributed by atoms with van der Waals surface area (Å²) in [6.45, 7) is 4.87. The molecule has 0 bridgehead atoms. The normalized spacial score (nSPS) is 13.8. The summed E-state index contributed by atoms with van der Waals surface area (Å²) < 4.78 is 73.0. The number of benzene rings is 6. The first-order valence-electron chi connectivity index (χ1n) is 21.7. The number of rotatable bonds is 10. The number of ether oxygens (including phenoxy) is 1. The molecule has 0 radical (unpaired) electrons. The van der Waals surface area contributed by atoms with E-state index >= 15 is 0 Å². The lowest BCUT2D eigenvalue weighted by molar-refractivity contribution is -0.121. The Bertz CT molecular complexity index is 3380. The summed E-state index contributed by atoms with van der Waals surface area (Å²) in [5, 5.41) is 17.1. The maximum Gasteiger partial charge on any atom is 0.337 e. The monoisotopic (exact) mass is 1050 g/mol. The fraction of sp³-hybridized carbons (Fsp3) is 0.0926. The van der Waals surface area contributed by atoms with E-state index in [0.717, 1.165) is 57.9 Å². The summed E-state index contributed by atoms with van der Waals surface area (Å²) in [6, 6.07) is 28.0. The van der Waals surface area contributed by atoms with E-state index in [2.05, 4.69) is 20.7 Å². The zero-order chi connectivity index (χ0) is 53.7. The average Bonchev–Trinajstić information content (AvgIpc) is 3.94. The fourth-order valence-electron chi connectivity index (χ4n) is 7.11. The van der Waals surface area contributed by atoms with E-state index in [4.69, 9.17) is 16.7 Å². The first-order chi connectivity index (χ1) is 35.2. The first kappa shape index (κ1) is 54.9. The van der Waals surface area contributed by atoms with E-state index < -0.39 is 76.2 Å². The van der Waals surface area contributed by atoms with Crippen LogP contribution in [0.1, 0.15) is 34.5 Å². The van der Waals surface area contributed by atoms with Crippen LogP contribution in [0.4, 0.5) is 56.1 Å². The van der Waals surface area contributed by atoms with E-state index in [-0.39, 0.29) is 63.4 Å². The highest BCUT2D eigenvalue weighted by molar-refractivity contribution is 6.33. The van der Waals surface area contributed by atoms with Crippen LogP contribution >= 0.6 is 11.6 Å². The van der Waals surface area contributed by atoms with Gasteiger partial charge in [0, 0.05) is 47.3 Å². The molecule has 0 saturated heterocycles. The first-order valence-corrected chi connectivity index (χ1v) is 22.0. The molecular formula is C54H42ClF5N6O9. The van der Waals surface area contributed by atoms with Gasteiger partial charge in [0.15, 0.2) is 23.2 Å². The Morgan fingerprint density at radius 3 is 1.56 bits per heavy atom. The van der Waals surface area contributed by atoms with Crippen LogP contribution in [0.15, 0.2) is 151 Å². The van der Waals surface area contributed by atoms with E-state index in [1.54, 1.807) is 55.5 Å². The Kier molecular flexibility index (Phi) is 16.8. The maximum absolute atomic E-state index is 14.1. The number of carbonyl (C=O) groups excluding carboxylic acids is 7. The van der Waals surface area contributed by atoms with Gasteiger partial charge in [-0.1, -0.05) is 67.1 Å². The summed E-state index contributed by atoms with van der Waals surface area (Å²) in [7, 11) is 1.21. The number of nitrogens with one attached hydrogen (secondary N) is 3. The molecule has 15 nitrogen and oxygen atoms in total. The Morgan fingerprint density at radius 1 is 0.547 bits per heavy atom. The second-order valence-electron chi connectivity index (χ2n) is 16.1. The molecule has 9 rings (SSSR count). The van der Waals surface area contributed by atoms with Gasteiger partial charge in [0.05, 0.1) is 40.4 Å². The number of nitrogens with zero attached hydrogens (tertiary/aromatic N) is 3. The molecule has 6 amide bonds. The van der Waals surface area contributed by atoms with Gasteiger partial charge in [-0.25, -0.2) is 41.4 Å². The number of anilines is 6. The summed E-state index contributed by atoms with van der Waals surface area (Å²) in [5.74, 6) is -10.4. The molecule has 0 saturated carbocycles. The van der Waals surface area contributed by atoms with Crippen molar-refractivity contribution in [1.29, 1.82) is 0 Å². The molecule has 21 heteroatoms. The van der Waals surface area contributed by atoms with Crippen LogP contribution < -0.4 is 30.7 Å². The third-order valence-electron chi connectivity index (χ3n) is 11.0. The minimum Gasteiger partial charge on any atom is -0.503 e. The number of aromatic hydroxyl groups is 1. The molecule has 3 heterocycles. The lowest BCUT2D eigenvalue weighted by Gasteiger charge is -2.16. The van der Waals surface area contributed by atoms with Gasteiger partial charge in [0.25, 0.3) is 35.4 Å². The molecule has 0 atom stereocenters. The molecule has 0 aromatic heterocycles. The summed E-state index contributed by atoms with van der Waals surface area (Å²) in [5.41, 5.74) is 2.43. The van der Waals surface area contributed by atoms with Crippen molar-refractivity contribution in [3.8, 4) is 5.75 Å². The number of carbonyl (C=O) groups is 7. The van der Waals surface area contributed by atoms with Gasteiger partial charge in [-0.05, 0) is 87.0 Å². The molecule has 0 fully saturated rings. The number of aryl methyl sites for hydroxylation is 2. The van der Waals surface area contributed by atoms with Gasteiger partial charge in [0.2, 0.25) is 0 Å². The SMILES string of the molecule is C.COC(=O)c1cccc(N2C(=O)C=C(Nc3cc(F)c(C)c(F)c3)C2=O)c1.Cc1ccc(NC2=CC(=O)N(c3cc(F)c(O)c(F)c3)C2=O)cc1.Cc1ccc(NC2=CC(=O)N(c3ccccc3)C2=O)c(F)c1Cl. The zero-order valence-corrected chi connectivity index (χ0v) is 39.8. The maximum atomic E-state index is 14.1. The quantitative estimate of drug-likeness (QED) is 0.0577. The van der Waals surface area contributed by atoms with Crippen molar-refractivity contribution in [2.24, 2.45) is 0 Å². The van der Waals surface area contributed by atoms with Gasteiger partial charge >= 0.3 is 5.97 Å². The number of phenols is 1. The van der Waals surface area contributed by atoms with Crippen molar-refractivity contribution in [2.75, 3.05) is 37.8 Å². The van der Waals surface area contributed by atoms with E-state index in [0.29, 0.717) is 21.8 Å². The molecule has 75 heavy (non-hydrogen) atoms. The molecule has 0 unspecified atom stereocenters. The predicted molar refractivity (Wildman–Crippen MR) is 270 cm³/mol. The smallest absolute Gasteiger partial charge is 0.337 e. The molecule has 6 aromatic rings. The molecular weight excluding hydrogens is 1010 g/mol. The Balaban J connectivity index is 0.000000182. The van der Waals surface area contributed by atoms with Crippen molar-refractivity contribution >= 4 is 87.1 Å².